The first-order chi connectivity index (χ1) is 38.0. The van der Waals surface area contributed by atoms with Crippen molar-refractivity contribution < 1.29 is 4.42 Å². The van der Waals surface area contributed by atoms with Crippen molar-refractivity contribution in [2.24, 2.45) is 0 Å². The normalized spacial score (nSPS) is 18.8. The summed E-state index contributed by atoms with van der Waals surface area (Å²) in [7, 11) is 0. The maximum Gasteiger partial charge on any atom is 0.252 e. The monoisotopic (exact) mass is 1070 g/mol. The zero-order chi connectivity index (χ0) is 57.3. The van der Waals surface area contributed by atoms with Gasteiger partial charge in [-0.15, -0.1) is 0 Å². The summed E-state index contributed by atoms with van der Waals surface area (Å²) < 4.78 is 7.11. The molecule has 0 bridgehead atoms. The van der Waals surface area contributed by atoms with Crippen molar-refractivity contribution in [3.63, 3.8) is 0 Å². The second-order valence-corrected chi connectivity index (χ2v) is 30.3. The standard InChI is InChI=1S/C76H84BN3O/c1-70(2,3)48-25-31-53(32-26-48)78(54-33-27-49(28-34-54)71(4,5)6)55-43-64-68-65(44-55)80-69-59(75(16)37-21-22-38-76(75,80)17)41-52(74(13,14)15)42-61(69)77(68)60-46-67-58(57-40-51(73(10,11)12)30-36-66(57)81-67)45-63(60)79(64)62-35-29-50(72(7,8)9)39-56(62)47-23-19-18-20-24-47/h18-20,23-36,39-46H,21-22,37-38H2,1-17H3. The Bertz CT molecular complexity index is 3940. The van der Waals surface area contributed by atoms with E-state index < -0.39 is 0 Å². The van der Waals surface area contributed by atoms with Gasteiger partial charge in [0.05, 0.1) is 16.9 Å². The molecule has 4 heterocycles. The highest BCUT2D eigenvalue weighted by molar-refractivity contribution is 7.00. The summed E-state index contributed by atoms with van der Waals surface area (Å²) in [5, 5.41) is 2.30. The van der Waals surface area contributed by atoms with Crippen LogP contribution < -0.4 is 31.1 Å². The summed E-state index contributed by atoms with van der Waals surface area (Å²) >= 11 is 0. The summed E-state index contributed by atoms with van der Waals surface area (Å²) in [6.07, 6.45) is 4.69. The highest BCUT2D eigenvalue weighted by Crippen LogP contribution is 2.63. The lowest BCUT2D eigenvalue weighted by Crippen LogP contribution is -2.64. The van der Waals surface area contributed by atoms with Crippen LogP contribution in [0.2, 0.25) is 0 Å². The second kappa shape index (κ2) is 17.8. The maximum absolute atomic E-state index is 7.11. The number of nitrogens with zero attached hydrogens (tertiary/aromatic N) is 3. The average Bonchev–Trinajstić information content (AvgIpc) is 2.63. The van der Waals surface area contributed by atoms with Crippen LogP contribution in [-0.2, 0) is 32.5 Å². The molecule has 9 aromatic rings. The quantitative estimate of drug-likeness (QED) is 0.160. The van der Waals surface area contributed by atoms with Crippen LogP contribution in [0.4, 0.5) is 45.5 Å². The summed E-state index contributed by atoms with van der Waals surface area (Å²) in [5.41, 5.74) is 25.8. The van der Waals surface area contributed by atoms with Crippen LogP contribution in [0.25, 0.3) is 33.1 Å². The van der Waals surface area contributed by atoms with Gasteiger partial charge in [0.15, 0.2) is 0 Å². The SMILES string of the molecule is CC(C)(C)c1ccc(N(c2ccc(C(C)(C)C)cc2)c2cc3c4c(c2)N2c5c(cc(C(C)(C)C)cc5C5(C)CCCCC25C)B4c2cc4oc5ccc(C(C)(C)C)cc5c4cc2N3c2ccc(C(C)(C)C)cc2-c2ccccc2)cc1. The minimum absolute atomic E-state index is 0.00541. The van der Waals surface area contributed by atoms with E-state index in [1.54, 1.807) is 0 Å². The highest BCUT2D eigenvalue weighted by atomic mass is 16.3. The molecule has 2 unspecified atom stereocenters. The molecule has 2 atom stereocenters. The fourth-order valence-electron chi connectivity index (χ4n) is 14.6. The van der Waals surface area contributed by atoms with Crippen molar-refractivity contribution in [3.8, 4) is 11.1 Å². The molecule has 0 radical (unpaired) electrons. The van der Waals surface area contributed by atoms with Crippen LogP contribution in [0, 0.1) is 0 Å². The van der Waals surface area contributed by atoms with Gasteiger partial charge in [0, 0.05) is 55.9 Å². The molecule has 3 aliphatic heterocycles. The lowest BCUT2D eigenvalue weighted by Gasteiger charge is -2.53. The van der Waals surface area contributed by atoms with Crippen molar-refractivity contribution in [3.05, 3.63) is 185 Å². The van der Waals surface area contributed by atoms with Crippen molar-refractivity contribution in [2.75, 3.05) is 14.7 Å². The van der Waals surface area contributed by atoms with Gasteiger partial charge in [-0.2, -0.15) is 0 Å². The second-order valence-electron chi connectivity index (χ2n) is 30.3. The van der Waals surface area contributed by atoms with E-state index in [0.717, 1.165) is 57.5 Å². The van der Waals surface area contributed by atoms with Gasteiger partial charge < -0.3 is 19.1 Å². The van der Waals surface area contributed by atoms with Crippen molar-refractivity contribution in [1.82, 2.24) is 0 Å². The van der Waals surface area contributed by atoms with Gasteiger partial charge in [-0.1, -0.05) is 202 Å². The third-order valence-electron chi connectivity index (χ3n) is 19.8. The molecule has 1 saturated carbocycles. The minimum Gasteiger partial charge on any atom is -0.456 e. The molecular formula is C76H84BN3O. The minimum atomic E-state index is -0.189. The molecule has 4 nitrogen and oxygen atoms in total. The Kier molecular flexibility index (Phi) is 11.7. The predicted octanol–water partition coefficient (Wildman–Crippen LogP) is 19.6. The van der Waals surface area contributed by atoms with E-state index in [1.807, 2.05) is 0 Å². The van der Waals surface area contributed by atoms with Gasteiger partial charge in [-0.05, 0) is 175 Å². The summed E-state index contributed by atoms with van der Waals surface area (Å²) in [5.74, 6) is 0. The molecule has 0 N–H and O–H groups in total. The number of anilines is 8. The smallest absolute Gasteiger partial charge is 0.252 e. The van der Waals surface area contributed by atoms with Gasteiger partial charge >= 0.3 is 0 Å². The van der Waals surface area contributed by atoms with Gasteiger partial charge in [0.2, 0.25) is 0 Å². The molecule has 0 amide bonds. The number of fused-ring (bicyclic) bond motifs is 10. The van der Waals surface area contributed by atoms with Gasteiger partial charge in [-0.3, -0.25) is 0 Å². The van der Waals surface area contributed by atoms with Crippen LogP contribution in [0.15, 0.2) is 156 Å². The molecule has 1 aliphatic carbocycles. The molecule has 1 fully saturated rings. The Morgan fingerprint density at radius 2 is 0.988 bits per heavy atom. The number of furan rings is 1. The Balaban J connectivity index is 1.21. The largest absolute Gasteiger partial charge is 0.456 e. The molecule has 0 spiro atoms. The van der Waals surface area contributed by atoms with Crippen LogP contribution in [0.5, 0.6) is 0 Å². The molecule has 1 aromatic heterocycles. The van der Waals surface area contributed by atoms with Gasteiger partial charge in [0.25, 0.3) is 6.71 Å². The molecule has 13 rings (SSSR count). The maximum atomic E-state index is 7.11. The number of rotatable bonds is 5. The average molecular weight is 1070 g/mol. The first-order valence-corrected chi connectivity index (χ1v) is 30.2. The molecule has 4 aliphatic rings. The molecule has 412 valence electrons. The van der Waals surface area contributed by atoms with E-state index in [9.17, 15) is 0 Å². The summed E-state index contributed by atoms with van der Waals surface area (Å²) in [6, 6.07) is 59.6. The van der Waals surface area contributed by atoms with Crippen molar-refractivity contribution in [2.45, 2.75) is 181 Å². The highest BCUT2D eigenvalue weighted by Gasteiger charge is 2.62. The molecule has 8 aromatic carbocycles. The first-order valence-electron chi connectivity index (χ1n) is 30.2. The molecular weight excluding hydrogens is 982 g/mol. The topological polar surface area (TPSA) is 22.9 Å². The van der Waals surface area contributed by atoms with E-state index in [2.05, 4.69) is 284 Å². The summed E-state index contributed by atoms with van der Waals surface area (Å²) in [4.78, 5) is 8.15. The number of benzene rings is 8. The van der Waals surface area contributed by atoms with E-state index in [0.29, 0.717) is 0 Å². The van der Waals surface area contributed by atoms with E-state index in [-0.39, 0.29) is 44.7 Å². The third-order valence-corrected chi connectivity index (χ3v) is 19.8. The zero-order valence-corrected chi connectivity index (χ0v) is 51.6. The first kappa shape index (κ1) is 53.3. The van der Waals surface area contributed by atoms with E-state index in [4.69, 9.17) is 4.42 Å². The fraction of sp³-hybridized carbons (Fsp3) is 0.368. The number of hydrogen-bond acceptors (Lipinski definition) is 4. The van der Waals surface area contributed by atoms with Crippen molar-refractivity contribution >= 4 is 90.5 Å². The van der Waals surface area contributed by atoms with E-state index in [1.165, 1.54) is 96.5 Å². The van der Waals surface area contributed by atoms with Gasteiger partial charge in [0.1, 0.15) is 11.2 Å². The van der Waals surface area contributed by atoms with E-state index >= 15 is 0 Å². The molecule has 81 heavy (non-hydrogen) atoms. The molecule has 5 heteroatoms. The third kappa shape index (κ3) is 8.27. The zero-order valence-electron chi connectivity index (χ0n) is 51.6. The summed E-state index contributed by atoms with van der Waals surface area (Å²) in [6.45, 7) is 40.2. The van der Waals surface area contributed by atoms with Crippen LogP contribution >= 0.6 is 0 Å². The van der Waals surface area contributed by atoms with Gasteiger partial charge in [-0.25, -0.2) is 0 Å². The van der Waals surface area contributed by atoms with Crippen LogP contribution in [0.3, 0.4) is 0 Å². The molecule has 0 saturated heterocycles. The Labute approximate surface area is 484 Å². The van der Waals surface area contributed by atoms with Crippen LogP contribution in [-0.4, -0.2) is 12.3 Å². The Morgan fingerprint density at radius 3 is 1.59 bits per heavy atom. The lowest BCUT2D eigenvalue weighted by molar-refractivity contribution is 0.195. The predicted molar refractivity (Wildman–Crippen MR) is 349 cm³/mol. The van der Waals surface area contributed by atoms with Crippen molar-refractivity contribution in [1.29, 1.82) is 0 Å². The Morgan fingerprint density at radius 1 is 0.444 bits per heavy atom. The number of hydrogen-bond donors (Lipinski definition) is 0. The fourth-order valence-corrected chi connectivity index (χ4v) is 14.6. The van der Waals surface area contributed by atoms with Crippen LogP contribution in [0.1, 0.15) is 177 Å². The lowest BCUT2D eigenvalue weighted by atomic mass is 9.33. The Hall–Kier alpha value is -6.98.